The number of hydrogen-bond donors (Lipinski definition) is 1. The van der Waals surface area contributed by atoms with Gasteiger partial charge in [-0.2, -0.15) is 0 Å². The summed E-state index contributed by atoms with van der Waals surface area (Å²) in [6, 6.07) is 3.64. The Hall–Kier alpha value is -1.55. The van der Waals surface area contributed by atoms with Crippen LogP contribution < -0.4 is 10.1 Å². The van der Waals surface area contributed by atoms with Crippen molar-refractivity contribution in [3.8, 4) is 5.75 Å². The number of carbonyl (C=O) groups excluding carboxylic acids is 1. The number of rotatable bonds is 2. The number of carbonyl (C=O) groups is 1. The average Bonchev–Trinajstić information content (AvgIpc) is 2.35. The van der Waals surface area contributed by atoms with E-state index in [0.717, 1.165) is 29.8 Å². The molecule has 1 aromatic rings. The van der Waals surface area contributed by atoms with Gasteiger partial charge in [0, 0.05) is 12.1 Å². The Morgan fingerprint density at radius 3 is 2.63 bits per heavy atom. The quantitative estimate of drug-likeness (QED) is 0.832. The maximum absolute atomic E-state index is 12.2. The lowest BCUT2D eigenvalue weighted by molar-refractivity contribution is 0.00679. The van der Waals surface area contributed by atoms with Crippen LogP contribution in [0.1, 0.15) is 42.3 Å². The standard InChI is InChI=1S/C15H21NO3/c1-15(2,3)19-14(17)11-5-6-13(18-4)10-7-8-16-9-12(10)11/h5-6,16H,7-9H2,1-4H3. The van der Waals surface area contributed by atoms with E-state index in [2.05, 4.69) is 5.32 Å². The fourth-order valence-corrected chi connectivity index (χ4v) is 2.29. The van der Waals surface area contributed by atoms with Gasteiger partial charge in [-0.1, -0.05) is 0 Å². The Labute approximate surface area is 114 Å². The molecule has 0 spiro atoms. The van der Waals surface area contributed by atoms with Crippen LogP contribution in [0.3, 0.4) is 0 Å². The monoisotopic (exact) mass is 263 g/mol. The Morgan fingerprint density at radius 2 is 2.00 bits per heavy atom. The molecular formula is C15H21NO3. The van der Waals surface area contributed by atoms with Crippen LogP contribution in [0.2, 0.25) is 0 Å². The molecule has 0 aromatic heterocycles. The first-order chi connectivity index (χ1) is 8.92. The Morgan fingerprint density at radius 1 is 1.26 bits per heavy atom. The van der Waals surface area contributed by atoms with E-state index in [4.69, 9.17) is 9.47 Å². The molecule has 1 aliphatic rings. The van der Waals surface area contributed by atoms with Crippen LogP contribution in [-0.4, -0.2) is 25.2 Å². The second kappa shape index (κ2) is 5.21. The van der Waals surface area contributed by atoms with Crippen LogP contribution in [0.4, 0.5) is 0 Å². The number of fused-ring (bicyclic) bond motifs is 1. The van der Waals surface area contributed by atoms with Gasteiger partial charge in [0.25, 0.3) is 0 Å². The molecule has 1 N–H and O–H groups in total. The first-order valence-corrected chi connectivity index (χ1v) is 6.55. The molecule has 4 heteroatoms. The van der Waals surface area contributed by atoms with Gasteiger partial charge in [-0.3, -0.25) is 0 Å². The maximum Gasteiger partial charge on any atom is 0.338 e. The van der Waals surface area contributed by atoms with Gasteiger partial charge in [-0.25, -0.2) is 4.79 Å². The molecule has 104 valence electrons. The minimum atomic E-state index is -0.480. The van der Waals surface area contributed by atoms with Gasteiger partial charge in [-0.05, 0) is 51.4 Å². The molecular weight excluding hydrogens is 242 g/mol. The van der Waals surface area contributed by atoms with Crippen LogP contribution in [0.25, 0.3) is 0 Å². The molecule has 0 bridgehead atoms. The lowest BCUT2D eigenvalue weighted by atomic mass is 9.94. The van der Waals surface area contributed by atoms with E-state index in [9.17, 15) is 4.79 Å². The number of esters is 1. The third-order valence-electron chi connectivity index (χ3n) is 3.08. The molecule has 0 unspecified atom stereocenters. The lowest BCUT2D eigenvalue weighted by Crippen LogP contribution is -2.29. The Bertz CT molecular complexity index is 489. The number of ether oxygens (including phenoxy) is 2. The summed E-state index contributed by atoms with van der Waals surface area (Å²) in [6.07, 6.45) is 0.870. The summed E-state index contributed by atoms with van der Waals surface area (Å²) < 4.78 is 10.8. The SMILES string of the molecule is COc1ccc(C(=O)OC(C)(C)C)c2c1CCNC2. The summed E-state index contributed by atoms with van der Waals surface area (Å²) in [5.74, 6) is 0.582. The van der Waals surface area contributed by atoms with Gasteiger partial charge in [-0.15, -0.1) is 0 Å². The number of nitrogens with one attached hydrogen (secondary N) is 1. The third-order valence-corrected chi connectivity index (χ3v) is 3.08. The van der Waals surface area contributed by atoms with Crippen molar-refractivity contribution in [2.75, 3.05) is 13.7 Å². The van der Waals surface area contributed by atoms with Crippen LogP contribution in [0.15, 0.2) is 12.1 Å². The third kappa shape index (κ3) is 3.07. The minimum Gasteiger partial charge on any atom is -0.496 e. The molecule has 19 heavy (non-hydrogen) atoms. The lowest BCUT2D eigenvalue weighted by Gasteiger charge is -2.24. The number of benzene rings is 1. The molecule has 0 saturated heterocycles. The predicted octanol–water partition coefficient (Wildman–Crippen LogP) is 2.30. The molecule has 1 aromatic carbocycles. The highest BCUT2D eigenvalue weighted by molar-refractivity contribution is 5.92. The molecule has 0 amide bonds. The largest absolute Gasteiger partial charge is 0.496 e. The highest BCUT2D eigenvalue weighted by Gasteiger charge is 2.24. The van der Waals surface area contributed by atoms with Crippen molar-refractivity contribution in [2.24, 2.45) is 0 Å². The second-order valence-corrected chi connectivity index (χ2v) is 5.70. The van der Waals surface area contributed by atoms with E-state index >= 15 is 0 Å². The van der Waals surface area contributed by atoms with E-state index in [1.165, 1.54) is 0 Å². The highest BCUT2D eigenvalue weighted by Crippen LogP contribution is 2.29. The topological polar surface area (TPSA) is 47.6 Å². The van der Waals surface area contributed by atoms with Crippen molar-refractivity contribution in [3.05, 3.63) is 28.8 Å². The van der Waals surface area contributed by atoms with Crippen molar-refractivity contribution >= 4 is 5.97 Å². The zero-order chi connectivity index (χ0) is 14.0. The number of hydrogen-bond acceptors (Lipinski definition) is 4. The van der Waals surface area contributed by atoms with E-state index in [0.29, 0.717) is 12.1 Å². The zero-order valence-electron chi connectivity index (χ0n) is 12.0. The van der Waals surface area contributed by atoms with Gasteiger partial charge >= 0.3 is 5.97 Å². The van der Waals surface area contributed by atoms with E-state index in [1.807, 2.05) is 26.8 Å². The van der Waals surface area contributed by atoms with E-state index in [1.54, 1.807) is 13.2 Å². The molecule has 0 aliphatic carbocycles. The molecule has 1 heterocycles. The molecule has 1 aliphatic heterocycles. The summed E-state index contributed by atoms with van der Waals surface area (Å²) in [5.41, 5.74) is 2.27. The summed E-state index contributed by atoms with van der Waals surface area (Å²) in [6.45, 7) is 7.21. The fourth-order valence-electron chi connectivity index (χ4n) is 2.29. The molecule has 0 atom stereocenters. The van der Waals surface area contributed by atoms with E-state index < -0.39 is 5.60 Å². The van der Waals surface area contributed by atoms with Gasteiger partial charge in [0.1, 0.15) is 11.4 Å². The van der Waals surface area contributed by atoms with Crippen molar-refractivity contribution < 1.29 is 14.3 Å². The van der Waals surface area contributed by atoms with Gasteiger partial charge in [0.05, 0.1) is 12.7 Å². The molecule has 0 fully saturated rings. The van der Waals surface area contributed by atoms with Crippen LogP contribution in [-0.2, 0) is 17.7 Å². The minimum absolute atomic E-state index is 0.268. The Balaban J connectivity index is 2.39. The first kappa shape index (κ1) is 13.9. The maximum atomic E-state index is 12.2. The fraction of sp³-hybridized carbons (Fsp3) is 0.533. The van der Waals surface area contributed by atoms with E-state index in [-0.39, 0.29) is 5.97 Å². The van der Waals surface area contributed by atoms with Crippen LogP contribution in [0, 0.1) is 0 Å². The van der Waals surface area contributed by atoms with Crippen LogP contribution >= 0.6 is 0 Å². The average molecular weight is 263 g/mol. The summed E-state index contributed by atoms with van der Waals surface area (Å²) in [5, 5.41) is 3.29. The van der Waals surface area contributed by atoms with Gasteiger partial charge in [0.15, 0.2) is 0 Å². The smallest absolute Gasteiger partial charge is 0.338 e. The summed E-state index contributed by atoms with van der Waals surface area (Å²) in [7, 11) is 1.66. The second-order valence-electron chi connectivity index (χ2n) is 5.70. The van der Waals surface area contributed by atoms with Gasteiger partial charge < -0.3 is 14.8 Å². The zero-order valence-corrected chi connectivity index (χ0v) is 12.0. The Kier molecular flexibility index (Phi) is 3.80. The predicted molar refractivity (Wildman–Crippen MR) is 73.6 cm³/mol. The normalized spacial score (nSPS) is 14.7. The van der Waals surface area contributed by atoms with Crippen LogP contribution in [0.5, 0.6) is 5.75 Å². The molecule has 0 saturated carbocycles. The highest BCUT2D eigenvalue weighted by atomic mass is 16.6. The molecule has 4 nitrogen and oxygen atoms in total. The first-order valence-electron chi connectivity index (χ1n) is 6.55. The van der Waals surface area contributed by atoms with Crippen molar-refractivity contribution in [3.63, 3.8) is 0 Å². The van der Waals surface area contributed by atoms with Crippen molar-refractivity contribution in [1.29, 1.82) is 0 Å². The summed E-state index contributed by atoms with van der Waals surface area (Å²) in [4.78, 5) is 12.2. The van der Waals surface area contributed by atoms with Crippen molar-refractivity contribution in [1.82, 2.24) is 5.32 Å². The molecule has 2 rings (SSSR count). The van der Waals surface area contributed by atoms with Gasteiger partial charge in [0.2, 0.25) is 0 Å². The molecule has 0 radical (unpaired) electrons. The number of methoxy groups -OCH3 is 1. The summed E-state index contributed by atoms with van der Waals surface area (Å²) >= 11 is 0. The van der Waals surface area contributed by atoms with Crippen molar-refractivity contribution in [2.45, 2.75) is 39.3 Å².